The van der Waals surface area contributed by atoms with Crippen LogP contribution in [0.4, 0.5) is 0 Å². The summed E-state index contributed by atoms with van der Waals surface area (Å²) in [6.07, 6.45) is 6.41. The maximum Gasteiger partial charge on any atom is 0.0480 e. The molecule has 0 atom stereocenters. The lowest BCUT2D eigenvalue weighted by molar-refractivity contribution is 0.671. The summed E-state index contributed by atoms with van der Waals surface area (Å²) in [5.74, 6) is 0. The number of aromatic nitrogens is 1. The molecule has 0 fully saturated rings. The molecule has 0 saturated carbocycles. The van der Waals surface area contributed by atoms with Crippen LogP contribution in [0.3, 0.4) is 0 Å². The van der Waals surface area contributed by atoms with Gasteiger partial charge in [-0.1, -0.05) is 19.1 Å². The first kappa shape index (κ1) is 12.9. The Bertz CT molecular complexity index is 511. The Kier molecular flexibility index (Phi) is 4.59. The van der Waals surface area contributed by atoms with Crippen LogP contribution in [0.25, 0.3) is 10.9 Å². The third-order valence-electron chi connectivity index (χ3n) is 3.22. The van der Waals surface area contributed by atoms with E-state index in [4.69, 9.17) is 0 Å². The van der Waals surface area contributed by atoms with Crippen LogP contribution in [-0.4, -0.2) is 11.1 Å². The van der Waals surface area contributed by atoms with Crippen LogP contribution in [0.2, 0.25) is 0 Å². The van der Waals surface area contributed by atoms with Gasteiger partial charge in [-0.05, 0) is 48.5 Å². The van der Waals surface area contributed by atoms with Crippen molar-refractivity contribution in [1.29, 1.82) is 0 Å². The summed E-state index contributed by atoms with van der Waals surface area (Å²) in [4.78, 5) is 0. The number of fused-ring (bicyclic) bond motifs is 1. The van der Waals surface area contributed by atoms with Gasteiger partial charge in [0.25, 0.3) is 0 Å². The molecule has 96 valence electrons. The fourth-order valence-corrected chi connectivity index (χ4v) is 2.23. The van der Waals surface area contributed by atoms with Crippen LogP contribution in [0, 0.1) is 0 Å². The number of nitrogens with one attached hydrogen (secondary N) is 1. The Morgan fingerprint density at radius 2 is 2.22 bits per heavy atom. The highest BCUT2D eigenvalue weighted by molar-refractivity contribution is 5.80. The van der Waals surface area contributed by atoms with E-state index in [1.807, 2.05) is 6.08 Å². The fraction of sp³-hybridized carbons (Fsp3) is 0.375. The molecule has 1 aromatic heterocycles. The van der Waals surface area contributed by atoms with Gasteiger partial charge in [0.05, 0.1) is 0 Å². The zero-order valence-electron chi connectivity index (χ0n) is 11.2. The fourth-order valence-electron chi connectivity index (χ4n) is 2.23. The second kappa shape index (κ2) is 6.41. The molecule has 1 N–H and O–H groups in total. The zero-order chi connectivity index (χ0) is 12.8. The summed E-state index contributed by atoms with van der Waals surface area (Å²) < 4.78 is 2.33. The first-order valence-corrected chi connectivity index (χ1v) is 6.74. The third-order valence-corrected chi connectivity index (χ3v) is 3.22. The summed E-state index contributed by atoms with van der Waals surface area (Å²) in [5.41, 5.74) is 2.69. The van der Waals surface area contributed by atoms with Gasteiger partial charge in [-0.3, -0.25) is 0 Å². The predicted octanol–water partition coefficient (Wildman–Crippen LogP) is 3.72. The van der Waals surface area contributed by atoms with Crippen LogP contribution in [0.1, 0.15) is 25.3 Å². The van der Waals surface area contributed by atoms with Gasteiger partial charge in [0.1, 0.15) is 0 Å². The van der Waals surface area contributed by atoms with Crippen molar-refractivity contribution in [2.45, 2.75) is 32.9 Å². The average molecular weight is 242 g/mol. The van der Waals surface area contributed by atoms with Crippen LogP contribution >= 0.6 is 0 Å². The third kappa shape index (κ3) is 3.02. The van der Waals surface area contributed by atoms with E-state index < -0.39 is 0 Å². The standard InChI is InChI=1S/C16H22N2/c1-3-5-6-10-18-11-9-15-12-14(13-17-4-2)7-8-16(15)18/h3,7-9,11-12,17H,1,4-6,10,13H2,2H3. The first-order valence-electron chi connectivity index (χ1n) is 6.74. The second-order valence-electron chi connectivity index (χ2n) is 4.61. The number of allylic oxidation sites excluding steroid dienone is 1. The molecule has 18 heavy (non-hydrogen) atoms. The highest BCUT2D eigenvalue weighted by Crippen LogP contribution is 2.18. The van der Waals surface area contributed by atoms with Gasteiger partial charge < -0.3 is 9.88 Å². The maximum atomic E-state index is 3.77. The van der Waals surface area contributed by atoms with E-state index in [1.54, 1.807) is 0 Å². The molecule has 0 amide bonds. The smallest absolute Gasteiger partial charge is 0.0480 e. The maximum absolute atomic E-state index is 3.77. The van der Waals surface area contributed by atoms with Crippen LogP contribution in [-0.2, 0) is 13.1 Å². The van der Waals surface area contributed by atoms with Crippen molar-refractivity contribution in [3.63, 3.8) is 0 Å². The molecule has 1 heterocycles. The van der Waals surface area contributed by atoms with Crippen LogP contribution < -0.4 is 5.32 Å². The Morgan fingerprint density at radius 1 is 1.33 bits per heavy atom. The number of hydrogen-bond acceptors (Lipinski definition) is 1. The minimum atomic E-state index is 0.952. The van der Waals surface area contributed by atoms with Gasteiger partial charge in [-0.2, -0.15) is 0 Å². The monoisotopic (exact) mass is 242 g/mol. The number of hydrogen-bond donors (Lipinski definition) is 1. The van der Waals surface area contributed by atoms with Crippen molar-refractivity contribution >= 4 is 10.9 Å². The zero-order valence-corrected chi connectivity index (χ0v) is 11.2. The molecule has 2 rings (SSSR count). The quantitative estimate of drug-likeness (QED) is 0.578. The molecule has 0 radical (unpaired) electrons. The molecule has 0 saturated heterocycles. The predicted molar refractivity (Wildman–Crippen MR) is 78.7 cm³/mol. The number of unbranched alkanes of at least 4 members (excludes halogenated alkanes) is 1. The summed E-state index contributed by atoms with van der Waals surface area (Å²) in [6.45, 7) is 8.94. The molecule has 0 aliphatic heterocycles. The van der Waals surface area contributed by atoms with Gasteiger partial charge in [0.2, 0.25) is 0 Å². The number of aryl methyl sites for hydroxylation is 1. The van der Waals surface area contributed by atoms with Crippen molar-refractivity contribution in [2.24, 2.45) is 0 Å². The lowest BCUT2D eigenvalue weighted by Gasteiger charge is -2.06. The molecule has 0 spiro atoms. The summed E-state index contributed by atoms with van der Waals surface area (Å²) >= 11 is 0. The molecular formula is C16H22N2. The van der Waals surface area contributed by atoms with Crippen LogP contribution in [0.15, 0.2) is 43.1 Å². The van der Waals surface area contributed by atoms with E-state index >= 15 is 0 Å². The van der Waals surface area contributed by atoms with Gasteiger partial charge in [0.15, 0.2) is 0 Å². The Labute approximate surface area is 109 Å². The molecule has 2 heteroatoms. The highest BCUT2D eigenvalue weighted by Gasteiger charge is 2.01. The van der Waals surface area contributed by atoms with Crippen molar-refractivity contribution in [2.75, 3.05) is 6.54 Å². The molecule has 2 nitrogen and oxygen atoms in total. The Morgan fingerprint density at radius 3 is 3.00 bits per heavy atom. The second-order valence-corrected chi connectivity index (χ2v) is 4.61. The van der Waals surface area contributed by atoms with Gasteiger partial charge in [-0.15, -0.1) is 6.58 Å². The van der Waals surface area contributed by atoms with Crippen molar-refractivity contribution in [3.8, 4) is 0 Å². The van der Waals surface area contributed by atoms with E-state index in [0.717, 1.165) is 32.5 Å². The molecule has 0 unspecified atom stereocenters. The molecule has 0 aliphatic carbocycles. The number of nitrogens with zero attached hydrogens (tertiary/aromatic N) is 1. The lowest BCUT2D eigenvalue weighted by atomic mass is 10.1. The van der Waals surface area contributed by atoms with Gasteiger partial charge in [-0.25, -0.2) is 0 Å². The van der Waals surface area contributed by atoms with E-state index in [2.05, 4.69) is 53.8 Å². The first-order chi connectivity index (χ1) is 8.85. The van der Waals surface area contributed by atoms with Gasteiger partial charge >= 0.3 is 0 Å². The van der Waals surface area contributed by atoms with Crippen LogP contribution in [0.5, 0.6) is 0 Å². The minimum absolute atomic E-state index is 0.952. The van der Waals surface area contributed by atoms with Crippen molar-refractivity contribution in [3.05, 3.63) is 48.7 Å². The van der Waals surface area contributed by atoms with E-state index in [-0.39, 0.29) is 0 Å². The summed E-state index contributed by atoms with van der Waals surface area (Å²) in [6, 6.07) is 8.94. The topological polar surface area (TPSA) is 17.0 Å². The van der Waals surface area contributed by atoms with Crippen molar-refractivity contribution < 1.29 is 0 Å². The van der Waals surface area contributed by atoms with Gasteiger partial charge in [0, 0.05) is 24.8 Å². The molecule has 0 bridgehead atoms. The molecule has 1 aromatic carbocycles. The van der Waals surface area contributed by atoms with Crippen molar-refractivity contribution in [1.82, 2.24) is 9.88 Å². The van der Waals surface area contributed by atoms with E-state index in [9.17, 15) is 0 Å². The minimum Gasteiger partial charge on any atom is -0.347 e. The molecule has 2 aromatic rings. The SMILES string of the molecule is C=CCCCn1ccc2cc(CNCC)ccc21. The Balaban J connectivity index is 2.12. The largest absolute Gasteiger partial charge is 0.347 e. The lowest BCUT2D eigenvalue weighted by Crippen LogP contribution is -2.11. The van der Waals surface area contributed by atoms with E-state index in [0.29, 0.717) is 0 Å². The number of rotatable bonds is 7. The highest BCUT2D eigenvalue weighted by atomic mass is 14.9. The molecule has 0 aliphatic rings. The summed E-state index contributed by atoms with van der Waals surface area (Å²) in [5, 5.41) is 4.70. The molecular weight excluding hydrogens is 220 g/mol. The summed E-state index contributed by atoms with van der Waals surface area (Å²) in [7, 11) is 0. The van der Waals surface area contributed by atoms with E-state index in [1.165, 1.54) is 16.5 Å². The average Bonchev–Trinajstić information content (AvgIpc) is 2.79. The number of benzene rings is 1. The normalized spacial score (nSPS) is 10.9. The Hall–Kier alpha value is -1.54.